The van der Waals surface area contributed by atoms with Gasteiger partial charge >= 0.3 is 0 Å². The topological polar surface area (TPSA) is 89.3 Å². The molecule has 0 spiro atoms. The minimum atomic E-state index is -3.70. The Balaban J connectivity index is 1.76. The molecule has 2 aromatic carbocycles. The van der Waals surface area contributed by atoms with Crippen molar-refractivity contribution < 1.29 is 13.2 Å². The Morgan fingerprint density at radius 3 is 2.28 bits per heavy atom. The molecule has 0 fully saturated rings. The molecule has 0 heterocycles. The Hall–Kier alpha value is -1.25. The highest BCUT2D eigenvalue weighted by Gasteiger charge is 2.07. The molecule has 1 amide bonds. The highest BCUT2D eigenvalue weighted by Crippen LogP contribution is 2.24. The van der Waals surface area contributed by atoms with Crippen LogP contribution in [0.5, 0.6) is 0 Å². The van der Waals surface area contributed by atoms with E-state index >= 15 is 0 Å². The third kappa shape index (κ3) is 6.52. The van der Waals surface area contributed by atoms with E-state index in [1.54, 1.807) is 24.3 Å². The zero-order valence-electron chi connectivity index (χ0n) is 13.0. The molecular formula is C16H16Cl2N2O3S2. The van der Waals surface area contributed by atoms with Gasteiger partial charge in [0.2, 0.25) is 15.9 Å². The highest BCUT2D eigenvalue weighted by molar-refractivity contribution is 7.99. The van der Waals surface area contributed by atoms with Crippen molar-refractivity contribution in [1.29, 1.82) is 0 Å². The molecule has 0 aliphatic rings. The molecule has 2 aromatic rings. The van der Waals surface area contributed by atoms with Crippen LogP contribution in [-0.2, 0) is 27.1 Å². The van der Waals surface area contributed by atoms with Crippen LogP contribution < -0.4 is 10.5 Å². The first kappa shape index (κ1) is 20.1. The van der Waals surface area contributed by atoms with Gasteiger partial charge in [0, 0.05) is 12.3 Å². The maximum Gasteiger partial charge on any atom is 0.238 e. The smallest absolute Gasteiger partial charge is 0.238 e. The van der Waals surface area contributed by atoms with E-state index in [0.717, 1.165) is 11.1 Å². The first-order chi connectivity index (χ1) is 11.8. The molecule has 2 rings (SSSR count). The summed E-state index contributed by atoms with van der Waals surface area (Å²) in [5.74, 6) is 0.837. The summed E-state index contributed by atoms with van der Waals surface area (Å²) in [5, 5.41) is 8.80. The Bertz CT molecular complexity index is 856. The van der Waals surface area contributed by atoms with Crippen LogP contribution in [0.25, 0.3) is 0 Å². The molecule has 9 heteroatoms. The summed E-state index contributed by atoms with van der Waals surface area (Å²) in [5.41, 5.74) is 1.78. The summed E-state index contributed by atoms with van der Waals surface area (Å²) in [4.78, 5) is 11.9. The van der Waals surface area contributed by atoms with Crippen LogP contribution in [0.1, 0.15) is 11.1 Å². The Labute approximate surface area is 160 Å². The van der Waals surface area contributed by atoms with Crippen molar-refractivity contribution in [2.75, 3.05) is 5.75 Å². The zero-order chi connectivity index (χ0) is 18.4. The van der Waals surface area contributed by atoms with Crippen molar-refractivity contribution in [2.24, 2.45) is 5.14 Å². The fourth-order valence-electron chi connectivity index (χ4n) is 1.94. The lowest BCUT2D eigenvalue weighted by atomic mass is 10.2. The van der Waals surface area contributed by atoms with Crippen molar-refractivity contribution in [1.82, 2.24) is 5.32 Å². The molecule has 5 nitrogen and oxygen atoms in total. The number of carbonyl (C=O) groups is 1. The molecule has 0 atom stereocenters. The number of carbonyl (C=O) groups excluding carboxylic acids is 1. The van der Waals surface area contributed by atoms with Crippen LogP contribution in [0.2, 0.25) is 10.0 Å². The number of halogens is 2. The Kier molecular flexibility index (Phi) is 7.15. The van der Waals surface area contributed by atoms with E-state index in [-0.39, 0.29) is 10.8 Å². The summed E-state index contributed by atoms with van der Waals surface area (Å²) < 4.78 is 22.3. The van der Waals surface area contributed by atoms with E-state index in [9.17, 15) is 13.2 Å². The second-order valence-corrected chi connectivity index (χ2v) is 8.57. The molecule has 0 saturated carbocycles. The highest BCUT2D eigenvalue weighted by atomic mass is 35.5. The third-order valence-electron chi connectivity index (χ3n) is 3.23. The van der Waals surface area contributed by atoms with E-state index in [4.69, 9.17) is 28.3 Å². The lowest BCUT2D eigenvalue weighted by Crippen LogP contribution is -2.24. The van der Waals surface area contributed by atoms with Crippen molar-refractivity contribution in [3.63, 3.8) is 0 Å². The van der Waals surface area contributed by atoms with Crippen molar-refractivity contribution in [3.05, 3.63) is 63.6 Å². The number of primary sulfonamides is 1. The molecule has 0 aliphatic carbocycles. The maximum absolute atomic E-state index is 11.9. The van der Waals surface area contributed by atoms with E-state index in [0.29, 0.717) is 28.1 Å². The quantitative estimate of drug-likeness (QED) is 0.722. The molecule has 0 aromatic heterocycles. The van der Waals surface area contributed by atoms with Gasteiger partial charge in [-0.05, 0) is 35.4 Å². The average Bonchev–Trinajstić information content (AvgIpc) is 2.56. The second kappa shape index (κ2) is 8.91. The monoisotopic (exact) mass is 418 g/mol. The van der Waals surface area contributed by atoms with Crippen LogP contribution in [0.4, 0.5) is 0 Å². The molecule has 134 valence electrons. The number of benzene rings is 2. The molecule has 0 aliphatic heterocycles. The van der Waals surface area contributed by atoms with Gasteiger partial charge in [-0.3, -0.25) is 4.79 Å². The minimum Gasteiger partial charge on any atom is -0.351 e. The van der Waals surface area contributed by atoms with Gasteiger partial charge in [-0.15, -0.1) is 11.8 Å². The van der Waals surface area contributed by atoms with Gasteiger partial charge in [0.25, 0.3) is 0 Å². The number of amides is 1. The van der Waals surface area contributed by atoms with E-state index in [1.807, 2.05) is 6.07 Å². The maximum atomic E-state index is 11.9. The number of nitrogens with one attached hydrogen (secondary N) is 1. The van der Waals surface area contributed by atoms with Crippen molar-refractivity contribution >= 4 is 50.9 Å². The van der Waals surface area contributed by atoms with Crippen molar-refractivity contribution in [2.45, 2.75) is 17.2 Å². The predicted octanol–water partition coefficient (Wildman–Crippen LogP) is 3.19. The van der Waals surface area contributed by atoms with Crippen LogP contribution in [0, 0.1) is 0 Å². The van der Waals surface area contributed by atoms with Gasteiger partial charge in [0.05, 0.1) is 20.7 Å². The first-order valence-corrected chi connectivity index (χ1v) is 10.6. The largest absolute Gasteiger partial charge is 0.351 e. The van der Waals surface area contributed by atoms with Gasteiger partial charge in [0.1, 0.15) is 0 Å². The van der Waals surface area contributed by atoms with Crippen LogP contribution in [-0.4, -0.2) is 20.1 Å². The van der Waals surface area contributed by atoms with Gasteiger partial charge in [-0.2, -0.15) is 0 Å². The van der Waals surface area contributed by atoms with Crippen molar-refractivity contribution in [3.8, 4) is 0 Å². The number of sulfonamides is 1. The third-order valence-corrected chi connectivity index (χ3v) is 5.90. The molecule has 0 bridgehead atoms. The number of hydrogen-bond acceptors (Lipinski definition) is 4. The zero-order valence-corrected chi connectivity index (χ0v) is 16.2. The molecule has 0 saturated heterocycles. The summed E-state index contributed by atoms with van der Waals surface area (Å²) >= 11 is 13.3. The first-order valence-electron chi connectivity index (χ1n) is 7.16. The fraction of sp³-hybridized carbons (Fsp3) is 0.188. The Morgan fingerprint density at radius 2 is 1.68 bits per heavy atom. The van der Waals surface area contributed by atoms with Gasteiger partial charge in [-0.1, -0.05) is 41.4 Å². The minimum absolute atomic E-state index is 0.0414. The SMILES string of the molecule is NS(=O)(=O)c1ccc(CNC(=O)CSCc2ccc(Cl)c(Cl)c2)cc1. The summed E-state index contributed by atoms with van der Waals surface area (Å²) in [6.45, 7) is 0.317. The summed E-state index contributed by atoms with van der Waals surface area (Å²) in [6.07, 6.45) is 0. The lowest BCUT2D eigenvalue weighted by Gasteiger charge is -2.07. The van der Waals surface area contributed by atoms with Crippen LogP contribution in [0.15, 0.2) is 47.4 Å². The Morgan fingerprint density at radius 1 is 1.04 bits per heavy atom. The lowest BCUT2D eigenvalue weighted by molar-refractivity contribution is -0.118. The van der Waals surface area contributed by atoms with Gasteiger partial charge < -0.3 is 5.32 Å². The fourth-order valence-corrected chi connectivity index (χ4v) is 3.58. The van der Waals surface area contributed by atoms with Gasteiger partial charge in [-0.25, -0.2) is 13.6 Å². The molecule has 3 N–H and O–H groups in total. The van der Waals surface area contributed by atoms with Gasteiger partial charge in [0.15, 0.2) is 0 Å². The number of hydrogen-bond donors (Lipinski definition) is 2. The van der Waals surface area contributed by atoms with Crippen LogP contribution in [0.3, 0.4) is 0 Å². The predicted molar refractivity (Wildman–Crippen MR) is 102 cm³/mol. The second-order valence-electron chi connectivity index (χ2n) is 5.21. The normalized spacial score (nSPS) is 11.3. The summed E-state index contributed by atoms with van der Waals surface area (Å²) in [6, 6.07) is 11.4. The number of nitrogens with two attached hydrogens (primary N) is 1. The van der Waals surface area contributed by atoms with E-state index in [2.05, 4.69) is 5.32 Å². The van der Waals surface area contributed by atoms with E-state index < -0.39 is 10.0 Å². The molecule has 0 radical (unpaired) electrons. The standard InChI is InChI=1S/C16H16Cl2N2O3S2/c17-14-6-3-12(7-15(14)18)9-24-10-16(21)20-8-11-1-4-13(5-2-11)25(19,22)23/h1-7H,8-10H2,(H,20,21)(H2,19,22,23). The number of rotatable bonds is 7. The van der Waals surface area contributed by atoms with E-state index in [1.165, 1.54) is 23.9 Å². The number of thioether (sulfide) groups is 1. The molecular weight excluding hydrogens is 403 g/mol. The summed E-state index contributed by atoms with van der Waals surface area (Å²) in [7, 11) is -3.70. The molecule has 25 heavy (non-hydrogen) atoms. The van der Waals surface area contributed by atoms with Crippen LogP contribution >= 0.6 is 35.0 Å². The molecule has 0 unspecified atom stereocenters. The average molecular weight is 419 g/mol.